The van der Waals surface area contributed by atoms with Crippen molar-refractivity contribution >= 4 is 27.3 Å². The first-order valence-electron chi connectivity index (χ1n) is 6.66. The summed E-state index contributed by atoms with van der Waals surface area (Å²) in [7, 11) is 0. The minimum Gasteiger partial charge on any atom is -0.394 e. The summed E-state index contributed by atoms with van der Waals surface area (Å²) in [4.78, 5) is 3.76. The van der Waals surface area contributed by atoms with E-state index in [2.05, 4.69) is 33.0 Å². The largest absolute Gasteiger partial charge is 0.394 e. The number of likely N-dealkylation sites (tertiary alicyclic amines) is 1. The number of hydrogen-bond donors (Lipinski definition) is 2. The molecule has 0 aromatic carbocycles. The van der Waals surface area contributed by atoms with E-state index in [0.717, 1.165) is 29.7 Å². The number of nitrogens with two attached hydrogens (primary N) is 1. The minimum atomic E-state index is 0.106. The topological polar surface area (TPSA) is 58.7 Å². The van der Waals surface area contributed by atoms with Crippen LogP contribution in [0.1, 0.15) is 23.8 Å². The molecule has 1 fully saturated rings. The fraction of sp³-hybridized carbons (Fsp3) is 0.692. The standard InChI is InChI=1S/C13H21BrN2O2S/c14-13-2-1-12(19-13)11(9-15)16-5-3-10(4-6-16)18-8-7-17/h1-2,10-11,17H,3-9,15H2. The van der Waals surface area contributed by atoms with Gasteiger partial charge in [0, 0.05) is 24.5 Å². The highest BCUT2D eigenvalue weighted by Crippen LogP contribution is 2.32. The van der Waals surface area contributed by atoms with E-state index in [9.17, 15) is 0 Å². The highest BCUT2D eigenvalue weighted by atomic mass is 79.9. The summed E-state index contributed by atoms with van der Waals surface area (Å²) < 4.78 is 6.75. The molecule has 0 saturated carbocycles. The number of thiophene rings is 1. The normalized spacial score (nSPS) is 19.7. The van der Waals surface area contributed by atoms with Gasteiger partial charge < -0.3 is 15.6 Å². The van der Waals surface area contributed by atoms with Gasteiger partial charge in [0.1, 0.15) is 0 Å². The number of aliphatic hydroxyl groups excluding tert-OH is 1. The first-order valence-corrected chi connectivity index (χ1v) is 8.27. The Labute approximate surface area is 126 Å². The molecule has 0 aliphatic carbocycles. The van der Waals surface area contributed by atoms with Crippen molar-refractivity contribution < 1.29 is 9.84 Å². The van der Waals surface area contributed by atoms with Gasteiger partial charge in [0.15, 0.2) is 0 Å². The molecule has 3 N–H and O–H groups in total. The van der Waals surface area contributed by atoms with Crippen molar-refractivity contribution in [1.82, 2.24) is 4.90 Å². The Morgan fingerprint density at radius 3 is 2.74 bits per heavy atom. The van der Waals surface area contributed by atoms with Crippen molar-refractivity contribution in [2.24, 2.45) is 5.73 Å². The maximum absolute atomic E-state index is 8.77. The Bertz CT molecular complexity index is 380. The summed E-state index contributed by atoms with van der Waals surface area (Å²) in [5, 5.41) is 8.77. The maximum Gasteiger partial charge on any atom is 0.0702 e. The first kappa shape index (κ1) is 15.4. The number of halogens is 1. The molecule has 1 aromatic heterocycles. The average molecular weight is 349 g/mol. The van der Waals surface area contributed by atoms with Gasteiger partial charge in [0.25, 0.3) is 0 Å². The van der Waals surface area contributed by atoms with Crippen molar-refractivity contribution in [2.45, 2.75) is 25.0 Å². The molecule has 1 unspecified atom stereocenters. The second kappa shape index (κ2) is 7.71. The molecule has 1 aliphatic heterocycles. The molecule has 4 nitrogen and oxygen atoms in total. The van der Waals surface area contributed by atoms with Crippen LogP contribution in [-0.4, -0.2) is 49.0 Å². The van der Waals surface area contributed by atoms with Gasteiger partial charge in [-0.1, -0.05) is 0 Å². The number of nitrogens with zero attached hydrogens (tertiary/aromatic N) is 1. The van der Waals surface area contributed by atoms with Crippen LogP contribution in [-0.2, 0) is 4.74 Å². The summed E-state index contributed by atoms with van der Waals surface area (Å²) >= 11 is 5.27. The van der Waals surface area contributed by atoms with E-state index in [1.807, 2.05) is 0 Å². The van der Waals surface area contributed by atoms with Crippen LogP contribution in [0.15, 0.2) is 15.9 Å². The molecule has 2 rings (SSSR count). The van der Waals surface area contributed by atoms with E-state index < -0.39 is 0 Å². The number of aliphatic hydroxyl groups is 1. The molecule has 0 radical (unpaired) electrons. The van der Waals surface area contributed by atoms with E-state index >= 15 is 0 Å². The lowest BCUT2D eigenvalue weighted by molar-refractivity contribution is -0.0146. The Morgan fingerprint density at radius 2 is 2.21 bits per heavy atom. The maximum atomic E-state index is 8.77. The van der Waals surface area contributed by atoms with Crippen molar-refractivity contribution in [1.29, 1.82) is 0 Å². The number of ether oxygens (including phenoxy) is 1. The van der Waals surface area contributed by atoms with Gasteiger partial charge in [-0.3, -0.25) is 4.90 Å². The van der Waals surface area contributed by atoms with Crippen molar-refractivity contribution in [3.8, 4) is 0 Å². The van der Waals surface area contributed by atoms with Gasteiger partial charge in [-0.2, -0.15) is 0 Å². The third-order valence-electron chi connectivity index (χ3n) is 3.51. The quantitative estimate of drug-likeness (QED) is 0.825. The highest BCUT2D eigenvalue weighted by molar-refractivity contribution is 9.11. The summed E-state index contributed by atoms with van der Waals surface area (Å²) in [6.07, 6.45) is 2.32. The SMILES string of the molecule is NCC(c1ccc(Br)s1)N1CCC(OCCO)CC1. The van der Waals surface area contributed by atoms with E-state index in [1.54, 1.807) is 11.3 Å². The Balaban J connectivity index is 1.88. The molecule has 6 heteroatoms. The van der Waals surface area contributed by atoms with Crippen LogP contribution in [0, 0.1) is 0 Å². The molecule has 0 amide bonds. The van der Waals surface area contributed by atoms with Gasteiger partial charge in [0.05, 0.1) is 29.1 Å². The average Bonchev–Trinajstić information content (AvgIpc) is 2.85. The van der Waals surface area contributed by atoms with E-state index in [-0.39, 0.29) is 12.7 Å². The van der Waals surface area contributed by atoms with Crippen molar-refractivity contribution in [3.63, 3.8) is 0 Å². The molecular formula is C13H21BrN2O2S. The molecule has 2 heterocycles. The number of hydrogen-bond acceptors (Lipinski definition) is 5. The van der Waals surface area contributed by atoms with Gasteiger partial charge in [-0.15, -0.1) is 11.3 Å². The lowest BCUT2D eigenvalue weighted by Crippen LogP contribution is -2.41. The molecule has 1 aliphatic rings. The number of rotatable bonds is 6. The molecule has 0 spiro atoms. The van der Waals surface area contributed by atoms with E-state index in [1.165, 1.54) is 4.88 Å². The predicted molar refractivity (Wildman–Crippen MR) is 81.4 cm³/mol. The molecule has 108 valence electrons. The smallest absolute Gasteiger partial charge is 0.0702 e. The highest BCUT2D eigenvalue weighted by Gasteiger charge is 2.26. The minimum absolute atomic E-state index is 0.106. The van der Waals surface area contributed by atoms with E-state index in [0.29, 0.717) is 19.2 Å². The van der Waals surface area contributed by atoms with Crippen LogP contribution in [0.25, 0.3) is 0 Å². The second-order valence-electron chi connectivity index (χ2n) is 4.72. The molecule has 1 aromatic rings. The van der Waals surface area contributed by atoms with Crippen LogP contribution >= 0.6 is 27.3 Å². The number of piperidine rings is 1. The van der Waals surface area contributed by atoms with Gasteiger partial charge in [-0.05, 0) is 40.9 Å². The van der Waals surface area contributed by atoms with Crippen molar-refractivity contribution in [3.05, 3.63) is 20.8 Å². The lowest BCUT2D eigenvalue weighted by Gasteiger charge is -2.36. The summed E-state index contributed by atoms with van der Waals surface area (Å²) in [6, 6.07) is 4.55. The molecule has 0 bridgehead atoms. The Kier molecular flexibility index (Phi) is 6.25. The lowest BCUT2D eigenvalue weighted by atomic mass is 10.0. The molecule has 1 atom stereocenters. The fourth-order valence-corrected chi connectivity index (χ4v) is 4.10. The predicted octanol–water partition coefficient (Wildman–Crippen LogP) is 1.98. The van der Waals surface area contributed by atoms with Crippen LogP contribution in [0.5, 0.6) is 0 Å². The Hall–Kier alpha value is 0.0200. The third kappa shape index (κ3) is 4.24. The molecule has 19 heavy (non-hydrogen) atoms. The van der Waals surface area contributed by atoms with Gasteiger partial charge in [-0.25, -0.2) is 0 Å². The summed E-state index contributed by atoms with van der Waals surface area (Å²) in [5.41, 5.74) is 5.95. The monoisotopic (exact) mass is 348 g/mol. The zero-order valence-electron chi connectivity index (χ0n) is 10.9. The molecule has 1 saturated heterocycles. The zero-order valence-corrected chi connectivity index (χ0v) is 13.3. The van der Waals surface area contributed by atoms with Crippen LogP contribution in [0.2, 0.25) is 0 Å². The van der Waals surface area contributed by atoms with E-state index in [4.69, 9.17) is 15.6 Å². The molecular weight excluding hydrogens is 328 g/mol. The van der Waals surface area contributed by atoms with Crippen molar-refractivity contribution in [2.75, 3.05) is 32.8 Å². The fourth-order valence-electron chi connectivity index (χ4n) is 2.53. The summed E-state index contributed by atoms with van der Waals surface area (Å²) in [6.45, 7) is 3.22. The Morgan fingerprint density at radius 1 is 1.47 bits per heavy atom. The first-order chi connectivity index (χ1) is 9.24. The zero-order chi connectivity index (χ0) is 13.7. The van der Waals surface area contributed by atoms with Crippen LogP contribution < -0.4 is 5.73 Å². The van der Waals surface area contributed by atoms with Gasteiger partial charge in [0.2, 0.25) is 0 Å². The van der Waals surface area contributed by atoms with Crippen LogP contribution in [0.3, 0.4) is 0 Å². The third-order valence-corrected chi connectivity index (χ3v) is 5.23. The summed E-state index contributed by atoms with van der Waals surface area (Å²) in [5.74, 6) is 0. The second-order valence-corrected chi connectivity index (χ2v) is 7.22. The van der Waals surface area contributed by atoms with Gasteiger partial charge >= 0.3 is 0 Å². The van der Waals surface area contributed by atoms with Crippen LogP contribution in [0.4, 0.5) is 0 Å².